The van der Waals surface area contributed by atoms with E-state index in [2.05, 4.69) is 33.4 Å². The number of alkyl halides is 1. The first kappa shape index (κ1) is 15.3. The molecule has 2 heterocycles. The minimum absolute atomic E-state index is 0.444. The normalized spacial score (nSPS) is 11.9. The third-order valence-corrected chi connectivity index (χ3v) is 4.08. The van der Waals surface area contributed by atoms with Crippen LogP contribution in [0.1, 0.15) is 31.8 Å². The van der Waals surface area contributed by atoms with Gasteiger partial charge in [0.1, 0.15) is 11.3 Å². The molecule has 0 saturated carbocycles. The number of rotatable bonds is 7. The third-order valence-electron chi connectivity index (χ3n) is 3.84. The van der Waals surface area contributed by atoms with Crippen LogP contribution in [0.3, 0.4) is 0 Å². The van der Waals surface area contributed by atoms with Crippen LogP contribution in [0.2, 0.25) is 0 Å². The lowest BCUT2D eigenvalue weighted by Crippen LogP contribution is -2.25. The summed E-state index contributed by atoms with van der Waals surface area (Å²) in [7, 11) is 1.97. The van der Waals surface area contributed by atoms with Gasteiger partial charge in [0.15, 0.2) is 5.65 Å². The zero-order valence-electron chi connectivity index (χ0n) is 12.9. The van der Waals surface area contributed by atoms with Crippen LogP contribution in [0.5, 0.6) is 0 Å². The molecule has 0 atom stereocenters. The summed E-state index contributed by atoms with van der Waals surface area (Å²) in [6.45, 7) is 10.6. The maximum absolute atomic E-state index is 6.04. The highest BCUT2D eigenvalue weighted by molar-refractivity contribution is 6.16. The molecule has 0 unspecified atom stereocenters. The number of halogens is 1. The molecule has 0 N–H and O–H groups in total. The van der Waals surface area contributed by atoms with E-state index in [1.54, 1.807) is 0 Å². The molecule has 0 amide bonds. The van der Waals surface area contributed by atoms with Gasteiger partial charge in [0, 0.05) is 13.6 Å². The summed E-state index contributed by atoms with van der Waals surface area (Å²) in [6, 6.07) is 0. The average Bonchev–Trinajstić information content (AvgIpc) is 2.94. The van der Waals surface area contributed by atoms with Gasteiger partial charge in [-0.1, -0.05) is 13.8 Å². The first-order valence-electron chi connectivity index (χ1n) is 7.29. The van der Waals surface area contributed by atoms with Crippen molar-refractivity contribution < 1.29 is 0 Å². The molecule has 0 aromatic carbocycles. The predicted octanol–water partition coefficient (Wildman–Crippen LogP) is 2.55. The summed E-state index contributed by atoms with van der Waals surface area (Å²) in [5.41, 5.74) is 3.03. The van der Waals surface area contributed by atoms with Gasteiger partial charge < -0.3 is 9.47 Å². The summed E-state index contributed by atoms with van der Waals surface area (Å²) < 4.78 is 4.12. The van der Waals surface area contributed by atoms with Gasteiger partial charge in [-0.05, 0) is 33.0 Å². The fourth-order valence-corrected chi connectivity index (χ4v) is 2.91. The molecule has 0 aliphatic heterocycles. The number of hydrogen-bond donors (Lipinski definition) is 0. The average molecular weight is 298 g/mol. The number of aryl methyl sites for hydroxylation is 3. The van der Waals surface area contributed by atoms with Gasteiger partial charge in [0.2, 0.25) is 0 Å². The quantitative estimate of drug-likeness (QED) is 0.737. The minimum Gasteiger partial charge on any atom is -0.312 e. The Balaban J connectivity index is 2.19. The molecular weight excluding hydrogens is 274 g/mol. The van der Waals surface area contributed by atoms with E-state index in [-0.39, 0.29) is 0 Å². The van der Waals surface area contributed by atoms with E-state index in [0.717, 1.165) is 55.3 Å². The lowest BCUT2D eigenvalue weighted by molar-refractivity contribution is 0.293. The van der Waals surface area contributed by atoms with Crippen molar-refractivity contribution in [3.63, 3.8) is 0 Å². The molecule has 20 heavy (non-hydrogen) atoms. The van der Waals surface area contributed by atoms with Gasteiger partial charge in [-0.2, -0.15) is 5.10 Å². The van der Waals surface area contributed by atoms with Crippen molar-refractivity contribution in [3.8, 4) is 0 Å². The van der Waals surface area contributed by atoms with Crippen LogP contribution < -0.4 is 0 Å². The topological polar surface area (TPSA) is 38.9 Å². The van der Waals surface area contributed by atoms with Crippen molar-refractivity contribution >= 4 is 22.8 Å². The Hall–Kier alpha value is -1.07. The Morgan fingerprint density at radius 3 is 2.55 bits per heavy atom. The molecule has 6 heteroatoms. The zero-order chi connectivity index (χ0) is 14.7. The zero-order valence-corrected chi connectivity index (χ0v) is 13.6. The van der Waals surface area contributed by atoms with Crippen LogP contribution in [0, 0.1) is 6.92 Å². The number of nitrogens with zero attached hydrogens (tertiary/aromatic N) is 5. The molecule has 0 radical (unpaired) electrons. The molecule has 5 nitrogen and oxygen atoms in total. The minimum atomic E-state index is 0.444. The van der Waals surface area contributed by atoms with E-state index in [0.29, 0.717) is 5.88 Å². The van der Waals surface area contributed by atoms with Crippen LogP contribution in [-0.4, -0.2) is 43.9 Å². The van der Waals surface area contributed by atoms with Gasteiger partial charge in [-0.15, -0.1) is 11.6 Å². The predicted molar refractivity (Wildman–Crippen MR) is 83.2 cm³/mol. The third kappa shape index (κ3) is 2.83. The summed E-state index contributed by atoms with van der Waals surface area (Å²) in [5.74, 6) is 1.39. The first-order valence-corrected chi connectivity index (χ1v) is 7.82. The molecular formula is C14H24ClN5. The van der Waals surface area contributed by atoms with Crippen molar-refractivity contribution in [2.45, 2.75) is 39.6 Å². The smallest absolute Gasteiger partial charge is 0.158 e. The van der Waals surface area contributed by atoms with Crippen molar-refractivity contribution in [2.24, 2.45) is 7.05 Å². The maximum atomic E-state index is 6.04. The van der Waals surface area contributed by atoms with E-state index in [1.807, 2.05) is 18.7 Å². The van der Waals surface area contributed by atoms with E-state index in [9.17, 15) is 0 Å². The van der Waals surface area contributed by atoms with Gasteiger partial charge >= 0.3 is 0 Å². The first-order chi connectivity index (χ1) is 9.62. The lowest BCUT2D eigenvalue weighted by atomic mass is 10.3. The second-order valence-corrected chi connectivity index (χ2v) is 5.34. The Morgan fingerprint density at radius 1 is 1.25 bits per heavy atom. The lowest BCUT2D eigenvalue weighted by Gasteiger charge is -2.18. The van der Waals surface area contributed by atoms with Crippen LogP contribution in [0.4, 0.5) is 0 Å². The van der Waals surface area contributed by atoms with Crippen molar-refractivity contribution in [1.29, 1.82) is 0 Å². The molecule has 0 spiro atoms. The Morgan fingerprint density at radius 2 is 1.95 bits per heavy atom. The highest BCUT2D eigenvalue weighted by Gasteiger charge is 2.16. The van der Waals surface area contributed by atoms with E-state index in [1.165, 1.54) is 0 Å². The van der Waals surface area contributed by atoms with E-state index in [4.69, 9.17) is 11.6 Å². The second kappa shape index (κ2) is 6.59. The maximum Gasteiger partial charge on any atom is 0.158 e. The molecule has 2 aromatic rings. The largest absolute Gasteiger partial charge is 0.312 e. The Labute approximate surface area is 125 Å². The van der Waals surface area contributed by atoms with Gasteiger partial charge in [0.05, 0.1) is 11.6 Å². The summed E-state index contributed by atoms with van der Waals surface area (Å²) >= 11 is 6.04. The summed E-state index contributed by atoms with van der Waals surface area (Å²) in [6.07, 6.45) is 1.10. The van der Waals surface area contributed by atoms with Gasteiger partial charge in [0.25, 0.3) is 0 Å². The molecule has 0 aliphatic carbocycles. The van der Waals surface area contributed by atoms with Crippen molar-refractivity contribution in [2.75, 3.05) is 19.6 Å². The highest BCUT2D eigenvalue weighted by atomic mass is 35.5. The fraction of sp³-hybridized carbons (Fsp3) is 0.714. The number of aromatic nitrogens is 4. The van der Waals surface area contributed by atoms with Crippen molar-refractivity contribution in [1.82, 2.24) is 24.2 Å². The van der Waals surface area contributed by atoms with Gasteiger partial charge in [-0.3, -0.25) is 4.68 Å². The molecule has 0 aliphatic rings. The molecule has 0 bridgehead atoms. The van der Waals surface area contributed by atoms with Crippen LogP contribution >= 0.6 is 11.6 Å². The standard InChI is InChI=1S/C14H24ClN5/c1-5-19(6-2)8-7-9-20-12(10-15)16-13-11(3)17-18(4)14(13)20/h5-10H2,1-4H3. The number of hydrogen-bond acceptors (Lipinski definition) is 3. The van der Waals surface area contributed by atoms with Crippen LogP contribution in [0.25, 0.3) is 11.2 Å². The monoisotopic (exact) mass is 297 g/mol. The summed E-state index contributed by atoms with van der Waals surface area (Å²) in [4.78, 5) is 7.06. The molecule has 2 aromatic heterocycles. The molecule has 112 valence electrons. The number of imidazole rings is 1. The highest BCUT2D eigenvalue weighted by Crippen LogP contribution is 2.20. The SMILES string of the molecule is CCN(CC)CCCn1c(CCl)nc2c(C)nn(C)c21. The van der Waals surface area contributed by atoms with E-state index < -0.39 is 0 Å². The molecule has 0 fully saturated rings. The molecule has 2 rings (SSSR count). The Kier molecular flexibility index (Phi) is 5.05. The second-order valence-electron chi connectivity index (χ2n) is 5.07. The summed E-state index contributed by atoms with van der Waals surface area (Å²) in [5, 5.41) is 4.44. The van der Waals surface area contributed by atoms with Crippen molar-refractivity contribution in [3.05, 3.63) is 11.5 Å². The molecule has 0 saturated heterocycles. The fourth-order valence-electron chi connectivity index (χ4n) is 2.71. The van der Waals surface area contributed by atoms with Gasteiger partial charge in [-0.25, -0.2) is 4.98 Å². The van der Waals surface area contributed by atoms with Crippen LogP contribution in [-0.2, 0) is 19.5 Å². The van der Waals surface area contributed by atoms with Crippen LogP contribution in [0.15, 0.2) is 0 Å². The van der Waals surface area contributed by atoms with E-state index >= 15 is 0 Å². The number of fused-ring (bicyclic) bond motifs is 1. The Bertz CT molecular complexity index is 568.